The molecule has 0 aliphatic heterocycles. The third-order valence-corrected chi connectivity index (χ3v) is 3.98. The SMILES string of the molecule is C=CC(C)(CCCCCC)CCCCCCC(=O)O. The van der Waals surface area contributed by atoms with E-state index in [1.807, 2.05) is 0 Å². The molecule has 0 aliphatic carbocycles. The van der Waals surface area contributed by atoms with Gasteiger partial charge in [0.05, 0.1) is 0 Å². The minimum atomic E-state index is -0.674. The molecule has 0 aliphatic rings. The Labute approximate surface area is 119 Å². The summed E-state index contributed by atoms with van der Waals surface area (Å²) in [4.78, 5) is 10.4. The van der Waals surface area contributed by atoms with E-state index in [0.717, 1.165) is 19.3 Å². The van der Waals surface area contributed by atoms with Crippen LogP contribution in [0.5, 0.6) is 0 Å². The Balaban J connectivity index is 3.66. The third kappa shape index (κ3) is 10.8. The molecule has 2 nitrogen and oxygen atoms in total. The summed E-state index contributed by atoms with van der Waals surface area (Å²) in [6, 6.07) is 0. The lowest BCUT2D eigenvalue weighted by atomic mass is 9.80. The number of carboxylic acid groups (broad SMARTS) is 1. The number of carbonyl (C=O) groups is 1. The molecule has 0 rings (SSSR count). The number of rotatable bonds is 13. The lowest BCUT2D eigenvalue weighted by molar-refractivity contribution is -0.137. The van der Waals surface area contributed by atoms with Gasteiger partial charge in [0, 0.05) is 6.42 Å². The Morgan fingerprint density at radius 3 is 2.05 bits per heavy atom. The number of allylic oxidation sites excluding steroid dienone is 1. The van der Waals surface area contributed by atoms with Crippen LogP contribution in [0.1, 0.15) is 84.5 Å². The van der Waals surface area contributed by atoms with Crippen LogP contribution in [0.25, 0.3) is 0 Å². The first-order valence-electron chi connectivity index (χ1n) is 7.89. The molecular formula is C17H32O2. The quantitative estimate of drug-likeness (QED) is 0.350. The molecule has 0 bridgehead atoms. The topological polar surface area (TPSA) is 37.3 Å². The third-order valence-electron chi connectivity index (χ3n) is 3.98. The van der Waals surface area contributed by atoms with Gasteiger partial charge < -0.3 is 5.11 Å². The Kier molecular flexibility index (Phi) is 10.6. The minimum Gasteiger partial charge on any atom is -0.481 e. The fourth-order valence-corrected chi connectivity index (χ4v) is 2.44. The van der Waals surface area contributed by atoms with E-state index in [1.165, 1.54) is 44.9 Å². The van der Waals surface area contributed by atoms with Gasteiger partial charge in [-0.05, 0) is 24.7 Å². The van der Waals surface area contributed by atoms with Gasteiger partial charge in [0.15, 0.2) is 0 Å². The molecule has 0 amide bonds. The van der Waals surface area contributed by atoms with Crippen LogP contribution < -0.4 is 0 Å². The fraction of sp³-hybridized carbons (Fsp3) is 0.824. The monoisotopic (exact) mass is 268 g/mol. The summed E-state index contributed by atoms with van der Waals surface area (Å²) in [5.41, 5.74) is 0.278. The second kappa shape index (κ2) is 11.1. The number of carboxylic acids is 1. The van der Waals surface area contributed by atoms with Gasteiger partial charge in [-0.3, -0.25) is 4.79 Å². The van der Waals surface area contributed by atoms with E-state index >= 15 is 0 Å². The van der Waals surface area contributed by atoms with Crippen molar-refractivity contribution in [3.63, 3.8) is 0 Å². The van der Waals surface area contributed by atoms with Gasteiger partial charge in [-0.25, -0.2) is 0 Å². The van der Waals surface area contributed by atoms with E-state index in [0.29, 0.717) is 6.42 Å². The minimum absolute atomic E-state index is 0.278. The van der Waals surface area contributed by atoms with Crippen LogP contribution in [0, 0.1) is 5.41 Å². The molecule has 0 aromatic heterocycles. The van der Waals surface area contributed by atoms with Crippen molar-refractivity contribution < 1.29 is 9.90 Å². The van der Waals surface area contributed by atoms with Crippen LogP contribution in [-0.2, 0) is 4.79 Å². The molecule has 1 unspecified atom stereocenters. The highest BCUT2D eigenvalue weighted by molar-refractivity contribution is 5.66. The lowest BCUT2D eigenvalue weighted by Crippen LogP contribution is -2.12. The summed E-state index contributed by atoms with van der Waals surface area (Å²) in [6.45, 7) is 8.54. The van der Waals surface area contributed by atoms with Crippen LogP contribution >= 0.6 is 0 Å². The highest BCUT2D eigenvalue weighted by Crippen LogP contribution is 2.32. The van der Waals surface area contributed by atoms with E-state index in [1.54, 1.807) is 0 Å². The molecule has 2 heteroatoms. The van der Waals surface area contributed by atoms with Crippen LogP contribution in [0.15, 0.2) is 12.7 Å². The van der Waals surface area contributed by atoms with Crippen molar-refractivity contribution in [1.29, 1.82) is 0 Å². The molecule has 112 valence electrons. The maximum atomic E-state index is 10.4. The van der Waals surface area contributed by atoms with Gasteiger partial charge in [-0.15, -0.1) is 6.58 Å². The first-order valence-corrected chi connectivity index (χ1v) is 7.89. The van der Waals surface area contributed by atoms with E-state index in [4.69, 9.17) is 5.11 Å². The van der Waals surface area contributed by atoms with Crippen LogP contribution in [-0.4, -0.2) is 11.1 Å². The molecule has 0 radical (unpaired) electrons. The first-order chi connectivity index (χ1) is 9.04. The van der Waals surface area contributed by atoms with Gasteiger partial charge in [-0.1, -0.05) is 64.9 Å². The Hall–Kier alpha value is -0.790. The largest absolute Gasteiger partial charge is 0.481 e. The van der Waals surface area contributed by atoms with Gasteiger partial charge in [-0.2, -0.15) is 0 Å². The molecule has 0 fully saturated rings. The molecule has 1 N–H and O–H groups in total. The summed E-state index contributed by atoms with van der Waals surface area (Å²) in [5.74, 6) is -0.674. The van der Waals surface area contributed by atoms with Crippen molar-refractivity contribution in [1.82, 2.24) is 0 Å². The Morgan fingerprint density at radius 2 is 1.58 bits per heavy atom. The summed E-state index contributed by atoms with van der Waals surface area (Å²) >= 11 is 0. The number of unbranched alkanes of at least 4 members (excludes halogenated alkanes) is 6. The maximum Gasteiger partial charge on any atom is 0.303 e. The summed E-state index contributed by atoms with van der Waals surface area (Å²) in [5, 5.41) is 8.56. The van der Waals surface area contributed by atoms with Crippen molar-refractivity contribution in [2.75, 3.05) is 0 Å². The van der Waals surface area contributed by atoms with Crippen molar-refractivity contribution in [3.8, 4) is 0 Å². The summed E-state index contributed by atoms with van der Waals surface area (Å²) in [7, 11) is 0. The van der Waals surface area contributed by atoms with E-state index in [9.17, 15) is 4.79 Å². The second-order valence-electron chi connectivity index (χ2n) is 5.98. The number of hydrogen-bond acceptors (Lipinski definition) is 1. The van der Waals surface area contributed by atoms with Crippen LogP contribution in [0.3, 0.4) is 0 Å². The summed E-state index contributed by atoms with van der Waals surface area (Å²) < 4.78 is 0. The maximum absolute atomic E-state index is 10.4. The molecule has 0 spiro atoms. The van der Waals surface area contributed by atoms with Gasteiger partial charge in [0.25, 0.3) is 0 Å². The molecule has 0 heterocycles. The zero-order valence-electron chi connectivity index (χ0n) is 12.9. The van der Waals surface area contributed by atoms with Crippen molar-refractivity contribution >= 4 is 5.97 Å². The van der Waals surface area contributed by atoms with Crippen molar-refractivity contribution in [2.45, 2.75) is 84.5 Å². The average Bonchev–Trinajstić information content (AvgIpc) is 2.38. The van der Waals surface area contributed by atoms with Gasteiger partial charge in [0.1, 0.15) is 0 Å². The van der Waals surface area contributed by atoms with Crippen LogP contribution in [0.4, 0.5) is 0 Å². The number of aliphatic carboxylic acids is 1. The standard InChI is InChI=1S/C17H32O2/c1-4-6-7-11-14-17(3,5-2)15-12-9-8-10-13-16(18)19/h5H,2,4,6-15H2,1,3H3,(H,18,19). The lowest BCUT2D eigenvalue weighted by Gasteiger charge is -2.25. The highest BCUT2D eigenvalue weighted by Gasteiger charge is 2.18. The molecule has 19 heavy (non-hydrogen) atoms. The molecule has 0 saturated heterocycles. The predicted octanol–water partition coefficient (Wildman–Crippen LogP) is 5.57. The Morgan fingerprint density at radius 1 is 1.05 bits per heavy atom. The summed E-state index contributed by atoms with van der Waals surface area (Å²) in [6.07, 6.45) is 14.3. The molecule has 0 aromatic rings. The zero-order chi connectivity index (χ0) is 14.6. The zero-order valence-corrected chi connectivity index (χ0v) is 12.9. The molecular weight excluding hydrogens is 236 g/mol. The second-order valence-corrected chi connectivity index (χ2v) is 5.98. The van der Waals surface area contributed by atoms with Gasteiger partial charge in [0.2, 0.25) is 0 Å². The van der Waals surface area contributed by atoms with Gasteiger partial charge >= 0.3 is 5.97 Å². The van der Waals surface area contributed by atoms with E-state index in [-0.39, 0.29) is 5.41 Å². The smallest absolute Gasteiger partial charge is 0.303 e. The van der Waals surface area contributed by atoms with Crippen LogP contribution in [0.2, 0.25) is 0 Å². The number of hydrogen-bond donors (Lipinski definition) is 1. The predicted molar refractivity (Wildman–Crippen MR) is 82.4 cm³/mol. The van der Waals surface area contributed by atoms with Crippen molar-refractivity contribution in [3.05, 3.63) is 12.7 Å². The molecule has 0 aromatic carbocycles. The Bertz CT molecular complexity index is 248. The van der Waals surface area contributed by atoms with E-state index < -0.39 is 5.97 Å². The molecule has 0 saturated carbocycles. The normalized spacial score (nSPS) is 14.0. The average molecular weight is 268 g/mol. The fourth-order valence-electron chi connectivity index (χ4n) is 2.44. The first kappa shape index (κ1) is 18.2. The highest BCUT2D eigenvalue weighted by atomic mass is 16.4. The van der Waals surface area contributed by atoms with E-state index in [2.05, 4.69) is 26.5 Å². The van der Waals surface area contributed by atoms with Crippen molar-refractivity contribution in [2.24, 2.45) is 5.41 Å². The molecule has 1 atom stereocenters.